The van der Waals surface area contributed by atoms with Crippen LogP contribution in [0.2, 0.25) is 0 Å². The molecule has 1 aromatic heterocycles. The Kier molecular flexibility index (Phi) is 3.42. The molecule has 0 spiro atoms. The van der Waals surface area contributed by atoms with Gasteiger partial charge >= 0.3 is 0 Å². The van der Waals surface area contributed by atoms with Crippen molar-refractivity contribution in [2.24, 2.45) is 0 Å². The lowest BCUT2D eigenvalue weighted by molar-refractivity contribution is 0.585. The molecular weight excluding hydrogens is 251 g/mol. The maximum absolute atomic E-state index is 13.0. The largest absolute Gasteiger partial charge is 0.340 e. The second-order valence-corrected chi connectivity index (χ2v) is 4.41. The molecule has 0 saturated carbocycles. The highest BCUT2D eigenvalue weighted by molar-refractivity contribution is 5.67. The van der Waals surface area contributed by atoms with E-state index in [-0.39, 0.29) is 0 Å². The molecule has 1 heterocycles. The van der Waals surface area contributed by atoms with Crippen LogP contribution < -0.4 is 5.32 Å². The van der Waals surface area contributed by atoms with Gasteiger partial charge in [0.25, 0.3) is 0 Å². The number of halogens is 1. The molecule has 0 fully saturated rings. The van der Waals surface area contributed by atoms with Gasteiger partial charge in [-0.25, -0.2) is 4.98 Å². The van der Waals surface area contributed by atoms with E-state index in [4.69, 9.17) is 0 Å². The third kappa shape index (κ3) is 2.83. The predicted octanol–water partition coefficient (Wildman–Crippen LogP) is 4.63. The Morgan fingerprint density at radius 1 is 0.700 bits per heavy atom. The molecule has 2 nitrogen and oxygen atoms in total. The Labute approximate surface area is 116 Å². The maximum Gasteiger partial charge on any atom is 0.214 e. The monoisotopic (exact) mass is 264 g/mol. The van der Waals surface area contributed by atoms with Gasteiger partial charge in [-0.1, -0.05) is 48.5 Å². The van der Waals surface area contributed by atoms with Gasteiger partial charge < -0.3 is 5.32 Å². The summed E-state index contributed by atoms with van der Waals surface area (Å²) in [6.45, 7) is 0. The summed E-state index contributed by atoms with van der Waals surface area (Å²) >= 11 is 0. The van der Waals surface area contributed by atoms with Crippen LogP contribution >= 0.6 is 0 Å². The molecule has 98 valence electrons. The molecule has 0 aliphatic carbocycles. The quantitative estimate of drug-likeness (QED) is 0.697. The van der Waals surface area contributed by atoms with Gasteiger partial charge in [-0.2, -0.15) is 4.39 Å². The number of rotatable bonds is 3. The topological polar surface area (TPSA) is 24.9 Å². The Balaban J connectivity index is 1.80. The van der Waals surface area contributed by atoms with Gasteiger partial charge in [0.2, 0.25) is 5.95 Å². The molecule has 0 aliphatic rings. The minimum Gasteiger partial charge on any atom is -0.340 e. The van der Waals surface area contributed by atoms with Gasteiger partial charge in [0.05, 0.1) is 0 Å². The van der Waals surface area contributed by atoms with Crippen LogP contribution in [0.3, 0.4) is 0 Å². The van der Waals surface area contributed by atoms with Crippen molar-refractivity contribution in [1.82, 2.24) is 4.98 Å². The van der Waals surface area contributed by atoms with Crippen molar-refractivity contribution in [3.05, 3.63) is 78.7 Å². The summed E-state index contributed by atoms with van der Waals surface area (Å²) in [5.41, 5.74) is 3.19. The minimum absolute atomic E-state index is 0.490. The Morgan fingerprint density at radius 3 is 2.10 bits per heavy atom. The van der Waals surface area contributed by atoms with Crippen LogP contribution in [-0.4, -0.2) is 4.98 Å². The fourth-order valence-corrected chi connectivity index (χ4v) is 2.00. The molecule has 3 aromatic rings. The van der Waals surface area contributed by atoms with Gasteiger partial charge in [0, 0.05) is 5.69 Å². The molecule has 0 radical (unpaired) electrons. The normalized spacial score (nSPS) is 10.2. The standard InChI is InChI=1S/C17H13FN2/c18-16-7-4-8-17(20-16)19-15-11-9-14(10-12-15)13-5-2-1-3-6-13/h1-12H,(H,19,20). The summed E-state index contributed by atoms with van der Waals surface area (Å²) in [5.74, 6) is 0.00775. The molecule has 1 N–H and O–H groups in total. The minimum atomic E-state index is -0.490. The van der Waals surface area contributed by atoms with Crippen LogP contribution in [0, 0.1) is 5.95 Å². The van der Waals surface area contributed by atoms with Crippen LogP contribution in [0.25, 0.3) is 11.1 Å². The molecule has 0 unspecified atom stereocenters. The van der Waals surface area contributed by atoms with Crippen LogP contribution in [0.15, 0.2) is 72.8 Å². The average Bonchev–Trinajstić information content (AvgIpc) is 2.49. The van der Waals surface area contributed by atoms with Crippen LogP contribution in [0.5, 0.6) is 0 Å². The number of pyridine rings is 1. The van der Waals surface area contributed by atoms with Crippen LogP contribution in [0.4, 0.5) is 15.9 Å². The van der Waals surface area contributed by atoms with Crippen molar-refractivity contribution in [3.63, 3.8) is 0 Å². The Bertz CT molecular complexity index is 694. The molecule has 0 aliphatic heterocycles. The van der Waals surface area contributed by atoms with E-state index in [1.165, 1.54) is 11.6 Å². The van der Waals surface area contributed by atoms with Crippen LogP contribution in [0.1, 0.15) is 0 Å². The zero-order valence-electron chi connectivity index (χ0n) is 10.8. The maximum atomic E-state index is 13.0. The third-order valence-corrected chi connectivity index (χ3v) is 2.98. The summed E-state index contributed by atoms with van der Waals surface area (Å²) in [6.07, 6.45) is 0. The fraction of sp³-hybridized carbons (Fsp3) is 0. The number of nitrogens with one attached hydrogen (secondary N) is 1. The lowest BCUT2D eigenvalue weighted by Crippen LogP contribution is -1.94. The number of hydrogen-bond donors (Lipinski definition) is 1. The summed E-state index contributed by atoms with van der Waals surface area (Å²) in [7, 11) is 0. The first-order valence-electron chi connectivity index (χ1n) is 6.36. The van der Waals surface area contributed by atoms with E-state index >= 15 is 0 Å². The predicted molar refractivity (Wildman–Crippen MR) is 79.4 cm³/mol. The zero-order valence-corrected chi connectivity index (χ0v) is 10.8. The first-order chi connectivity index (χ1) is 9.81. The van der Waals surface area contributed by atoms with Crippen LogP contribution in [-0.2, 0) is 0 Å². The van der Waals surface area contributed by atoms with Gasteiger partial charge in [-0.15, -0.1) is 0 Å². The van der Waals surface area contributed by atoms with E-state index in [0.717, 1.165) is 11.3 Å². The summed E-state index contributed by atoms with van der Waals surface area (Å²) in [6, 6.07) is 22.8. The van der Waals surface area contributed by atoms with Gasteiger partial charge in [-0.3, -0.25) is 0 Å². The number of anilines is 2. The van der Waals surface area contributed by atoms with Crippen molar-refractivity contribution in [1.29, 1.82) is 0 Å². The fourth-order valence-electron chi connectivity index (χ4n) is 2.00. The first-order valence-corrected chi connectivity index (χ1v) is 6.36. The molecule has 3 rings (SSSR count). The first kappa shape index (κ1) is 12.4. The highest BCUT2D eigenvalue weighted by atomic mass is 19.1. The lowest BCUT2D eigenvalue weighted by atomic mass is 10.1. The van der Waals surface area contributed by atoms with E-state index in [9.17, 15) is 4.39 Å². The molecule has 3 heteroatoms. The number of benzene rings is 2. The molecule has 0 saturated heterocycles. The summed E-state index contributed by atoms with van der Waals surface area (Å²) < 4.78 is 13.0. The molecule has 20 heavy (non-hydrogen) atoms. The molecule has 0 atom stereocenters. The van der Waals surface area contributed by atoms with Crippen molar-refractivity contribution >= 4 is 11.5 Å². The number of nitrogens with zero attached hydrogens (tertiary/aromatic N) is 1. The van der Waals surface area contributed by atoms with E-state index in [2.05, 4.69) is 22.4 Å². The molecule has 0 bridgehead atoms. The van der Waals surface area contributed by atoms with Crippen molar-refractivity contribution in [3.8, 4) is 11.1 Å². The lowest BCUT2D eigenvalue weighted by Gasteiger charge is -2.07. The summed E-state index contributed by atoms with van der Waals surface area (Å²) in [4.78, 5) is 3.77. The number of hydrogen-bond acceptors (Lipinski definition) is 2. The molecular formula is C17H13FN2. The SMILES string of the molecule is Fc1cccc(Nc2ccc(-c3ccccc3)cc2)n1. The Morgan fingerprint density at radius 2 is 1.40 bits per heavy atom. The third-order valence-electron chi connectivity index (χ3n) is 2.98. The van der Waals surface area contributed by atoms with Gasteiger partial charge in [0.1, 0.15) is 5.82 Å². The van der Waals surface area contributed by atoms with E-state index in [1.54, 1.807) is 12.1 Å². The van der Waals surface area contributed by atoms with Crippen molar-refractivity contribution < 1.29 is 4.39 Å². The smallest absolute Gasteiger partial charge is 0.214 e. The second kappa shape index (κ2) is 5.53. The molecule has 2 aromatic carbocycles. The van der Waals surface area contributed by atoms with Crippen molar-refractivity contribution in [2.75, 3.05) is 5.32 Å². The van der Waals surface area contributed by atoms with E-state index in [1.807, 2.05) is 42.5 Å². The highest BCUT2D eigenvalue weighted by Crippen LogP contribution is 2.22. The van der Waals surface area contributed by atoms with E-state index < -0.39 is 5.95 Å². The highest BCUT2D eigenvalue weighted by Gasteiger charge is 1.99. The van der Waals surface area contributed by atoms with E-state index in [0.29, 0.717) is 5.82 Å². The second-order valence-electron chi connectivity index (χ2n) is 4.41. The molecule has 0 amide bonds. The Hall–Kier alpha value is -2.68. The van der Waals surface area contributed by atoms with Crippen molar-refractivity contribution in [2.45, 2.75) is 0 Å². The zero-order chi connectivity index (χ0) is 13.8. The summed E-state index contributed by atoms with van der Waals surface area (Å²) in [5, 5.41) is 3.07. The van der Waals surface area contributed by atoms with Gasteiger partial charge in [0.15, 0.2) is 0 Å². The average molecular weight is 264 g/mol. The number of aromatic nitrogens is 1. The van der Waals surface area contributed by atoms with Gasteiger partial charge in [-0.05, 0) is 35.4 Å².